The average Bonchev–Trinajstić information content (AvgIpc) is 2.47. The van der Waals surface area contributed by atoms with Crippen LogP contribution in [0.15, 0.2) is 0 Å². The Hall–Kier alpha value is -0.670. The minimum atomic E-state index is -0.834. The topological polar surface area (TPSA) is 71.7 Å². The Kier molecular flexibility index (Phi) is 2.47. The number of aliphatic hydroxyl groups is 1. The zero-order valence-electron chi connectivity index (χ0n) is 9.01. The molecule has 5 atom stereocenters. The smallest absolute Gasteiger partial charge is 0.189 e. The van der Waals surface area contributed by atoms with Crippen molar-refractivity contribution >= 4 is 0 Å². The van der Waals surface area contributed by atoms with Gasteiger partial charge >= 0.3 is 0 Å². The fraction of sp³-hybridized carbons (Fsp3) is 0.900. The molecule has 0 saturated carbocycles. The molecule has 15 heavy (non-hydrogen) atoms. The molecule has 5 nitrogen and oxygen atoms in total. The quantitative estimate of drug-likeness (QED) is 0.630. The number of ether oxygens (including phenoxy) is 3. The molecule has 2 fully saturated rings. The van der Waals surface area contributed by atoms with Gasteiger partial charge in [0.2, 0.25) is 0 Å². The maximum Gasteiger partial charge on any atom is 0.189 e. The maximum absolute atomic E-state index is 9.77. The third-order valence-electron chi connectivity index (χ3n) is 2.86. The highest BCUT2D eigenvalue weighted by Crippen LogP contribution is 2.38. The Morgan fingerprint density at radius 3 is 2.60 bits per heavy atom. The van der Waals surface area contributed by atoms with E-state index in [4.69, 9.17) is 19.5 Å². The van der Waals surface area contributed by atoms with E-state index >= 15 is 0 Å². The fourth-order valence-electron chi connectivity index (χ4n) is 2.02. The molecule has 0 spiro atoms. The summed E-state index contributed by atoms with van der Waals surface area (Å²) >= 11 is 0. The van der Waals surface area contributed by atoms with Gasteiger partial charge in [-0.25, -0.2) is 0 Å². The molecule has 5 heteroatoms. The predicted octanol–water partition coefficient (Wildman–Crippen LogP) is 0.383. The second kappa shape index (κ2) is 3.42. The van der Waals surface area contributed by atoms with E-state index in [1.54, 1.807) is 13.8 Å². The first kappa shape index (κ1) is 10.8. The molecule has 2 saturated heterocycles. The normalized spacial score (nSPS) is 48.3. The van der Waals surface area contributed by atoms with E-state index in [1.807, 2.05) is 13.0 Å². The summed E-state index contributed by atoms with van der Waals surface area (Å²) in [5.41, 5.74) is 0. The minimum Gasteiger partial charge on any atom is -0.389 e. The zero-order chi connectivity index (χ0) is 11.2. The summed E-state index contributed by atoms with van der Waals surface area (Å²) < 4.78 is 16.4. The van der Waals surface area contributed by atoms with Crippen molar-refractivity contribution < 1.29 is 19.3 Å². The Labute approximate surface area is 88.5 Å². The lowest BCUT2D eigenvalue weighted by atomic mass is 9.91. The van der Waals surface area contributed by atoms with Crippen LogP contribution in [0.25, 0.3) is 0 Å². The molecular weight excluding hydrogens is 198 g/mol. The summed E-state index contributed by atoms with van der Waals surface area (Å²) in [4.78, 5) is 0. The number of fused-ring (bicyclic) bond motifs is 1. The van der Waals surface area contributed by atoms with E-state index in [9.17, 15) is 5.11 Å². The molecule has 2 rings (SSSR count). The second-order valence-corrected chi connectivity index (χ2v) is 4.50. The lowest BCUT2D eigenvalue weighted by Gasteiger charge is -2.35. The maximum atomic E-state index is 9.77. The Morgan fingerprint density at radius 2 is 2.00 bits per heavy atom. The van der Waals surface area contributed by atoms with Crippen LogP contribution in [0.2, 0.25) is 0 Å². The van der Waals surface area contributed by atoms with Crippen LogP contribution in [0.3, 0.4) is 0 Å². The van der Waals surface area contributed by atoms with E-state index in [1.165, 1.54) is 0 Å². The number of aliphatic hydroxyl groups excluding tert-OH is 1. The molecule has 0 aromatic rings. The fourth-order valence-corrected chi connectivity index (χ4v) is 2.02. The molecule has 2 aliphatic rings. The monoisotopic (exact) mass is 213 g/mol. The molecule has 2 unspecified atom stereocenters. The molecule has 2 aliphatic heterocycles. The summed E-state index contributed by atoms with van der Waals surface area (Å²) in [6.07, 6.45) is -2.52. The molecule has 0 bridgehead atoms. The molecule has 0 aromatic carbocycles. The number of hydrogen-bond acceptors (Lipinski definition) is 5. The Morgan fingerprint density at radius 1 is 1.33 bits per heavy atom. The van der Waals surface area contributed by atoms with Crippen molar-refractivity contribution in [3.8, 4) is 6.07 Å². The first-order valence-electron chi connectivity index (χ1n) is 5.03. The Bertz CT molecular complexity index is 298. The van der Waals surface area contributed by atoms with Gasteiger partial charge in [-0.3, -0.25) is 0 Å². The molecule has 0 amide bonds. The van der Waals surface area contributed by atoms with Crippen molar-refractivity contribution in [1.82, 2.24) is 0 Å². The van der Waals surface area contributed by atoms with E-state index < -0.39 is 24.3 Å². The van der Waals surface area contributed by atoms with E-state index in [2.05, 4.69) is 0 Å². The zero-order valence-corrected chi connectivity index (χ0v) is 9.01. The summed E-state index contributed by atoms with van der Waals surface area (Å²) in [5, 5.41) is 18.6. The van der Waals surface area contributed by atoms with Gasteiger partial charge in [0.25, 0.3) is 0 Å². The van der Waals surface area contributed by atoms with Gasteiger partial charge in [-0.05, 0) is 13.8 Å². The lowest BCUT2D eigenvalue weighted by molar-refractivity contribution is -0.224. The van der Waals surface area contributed by atoms with Crippen LogP contribution in [0, 0.1) is 17.2 Å². The van der Waals surface area contributed by atoms with Gasteiger partial charge in [-0.2, -0.15) is 5.26 Å². The first-order valence-corrected chi connectivity index (χ1v) is 5.03. The molecular formula is C10H15NO4. The van der Waals surface area contributed by atoms with Gasteiger partial charge in [0, 0.05) is 5.92 Å². The van der Waals surface area contributed by atoms with Crippen LogP contribution in [-0.2, 0) is 14.2 Å². The van der Waals surface area contributed by atoms with Gasteiger partial charge in [0.05, 0.1) is 12.2 Å². The Balaban J connectivity index is 2.18. The summed E-state index contributed by atoms with van der Waals surface area (Å²) in [5.74, 6) is -0.886. The largest absolute Gasteiger partial charge is 0.389 e. The van der Waals surface area contributed by atoms with Crippen LogP contribution in [0.5, 0.6) is 0 Å². The van der Waals surface area contributed by atoms with Crippen LogP contribution in [0.1, 0.15) is 20.8 Å². The number of hydrogen-bond donors (Lipinski definition) is 1. The van der Waals surface area contributed by atoms with Crippen LogP contribution >= 0.6 is 0 Å². The van der Waals surface area contributed by atoms with Crippen molar-refractivity contribution in [2.75, 3.05) is 0 Å². The molecule has 1 N–H and O–H groups in total. The van der Waals surface area contributed by atoms with Gasteiger partial charge in [-0.15, -0.1) is 0 Å². The van der Waals surface area contributed by atoms with Gasteiger partial charge < -0.3 is 19.3 Å². The SMILES string of the molecule is C[C@@H]1C2OC(C)(C)O[C@@H]2OC(C#N)[C@H]1O. The van der Waals surface area contributed by atoms with Gasteiger partial charge in [0.1, 0.15) is 6.10 Å². The highest BCUT2D eigenvalue weighted by Gasteiger charge is 2.52. The van der Waals surface area contributed by atoms with Crippen molar-refractivity contribution in [3.05, 3.63) is 0 Å². The summed E-state index contributed by atoms with van der Waals surface area (Å²) in [7, 11) is 0. The molecule has 84 valence electrons. The third kappa shape index (κ3) is 1.74. The molecule has 0 radical (unpaired) electrons. The number of nitrogens with zero attached hydrogens (tertiary/aromatic N) is 1. The van der Waals surface area contributed by atoms with Crippen LogP contribution < -0.4 is 0 Å². The van der Waals surface area contributed by atoms with E-state index in [0.29, 0.717) is 0 Å². The predicted molar refractivity (Wildman–Crippen MR) is 49.5 cm³/mol. The van der Waals surface area contributed by atoms with Gasteiger partial charge in [-0.1, -0.05) is 6.92 Å². The minimum absolute atomic E-state index is 0.171. The van der Waals surface area contributed by atoms with Gasteiger partial charge in [0.15, 0.2) is 18.2 Å². The molecule has 0 aromatic heterocycles. The summed E-state index contributed by atoms with van der Waals surface area (Å²) in [6, 6.07) is 1.92. The standard InChI is InChI=1S/C10H15NO4/c1-5-7(12)6(4-11)13-9-8(5)14-10(2,3)15-9/h5-9,12H,1-3H3/t5-,6?,7-,8?,9-/m0/s1. The number of nitriles is 1. The average molecular weight is 213 g/mol. The van der Waals surface area contributed by atoms with Crippen molar-refractivity contribution in [2.24, 2.45) is 5.92 Å². The second-order valence-electron chi connectivity index (χ2n) is 4.50. The highest BCUT2D eigenvalue weighted by atomic mass is 16.8. The molecule has 2 heterocycles. The highest BCUT2D eigenvalue weighted by molar-refractivity contribution is 5.00. The van der Waals surface area contributed by atoms with Crippen molar-refractivity contribution in [3.63, 3.8) is 0 Å². The van der Waals surface area contributed by atoms with Crippen LogP contribution in [0.4, 0.5) is 0 Å². The first-order chi connectivity index (χ1) is 6.94. The van der Waals surface area contributed by atoms with Crippen molar-refractivity contribution in [1.29, 1.82) is 5.26 Å². The number of rotatable bonds is 0. The lowest BCUT2D eigenvalue weighted by Crippen LogP contribution is -2.51. The third-order valence-corrected chi connectivity index (χ3v) is 2.86. The van der Waals surface area contributed by atoms with Crippen LogP contribution in [-0.4, -0.2) is 35.5 Å². The summed E-state index contributed by atoms with van der Waals surface area (Å²) in [6.45, 7) is 5.41. The molecule has 0 aliphatic carbocycles. The van der Waals surface area contributed by atoms with E-state index in [-0.39, 0.29) is 12.0 Å². The van der Waals surface area contributed by atoms with Crippen molar-refractivity contribution in [2.45, 2.75) is 51.2 Å². The van der Waals surface area contributed by atoms with E-state index in [0.717, 1.165) is 0 Å².